The molecule has 0 radical (unpaired) electrons. The predicted octanol–water partition coefficient (Wildman–Crippen LogP) is 3.25. The minimum absolute atomic E-state index is 0.360. The summed E-state index contributed by atoms with van der Waals surface area (Å²) in [6.07, 6.45) is 1.63. The van der Waals surface area contributed by atoms with Crippen molar-refractivity contribution in [2.45, 2.75) is 0 Å². The third-order valence-electron chi connectivity index (χ3n) is 2.51. The van der Waals surface area contributed by atoms with Crippen LogP contribution in [0.1, 0.15) is 5.56 Å². The number of ether oxygens (including phenoxy) is 1. The van der Waals surface area contributed by atoms with Crippen molar-refractivity contribution in [2.24, 2.45) is 5.10 Å². The molecule has 0 heterocycles. The van der Waals surface area contributed by atoms with Gasteiger partial charge in [-0.2, -0.15) is 5.10 Å². The molecule has 0 atom stereocenters. The van der Waals surface area contributed by atoms with Crippen molar-refractivity contribution in [2.75, 3.05) is 12.0 Å². The number of carboxylic acids is 1. The molecule has 0 saturated heterocycles. The second-order valence-electron chi connectivity index (χ2n) is 4.10. The van der Waals surface area contributed by atoms with Gasteiger partial charge in [-0.25, -0.2) is 4.79 Å². The lowest BCUT2D eigenvalue weighted by atomic mass is 10.2. The van der Waals surface area contributed by atoms with E-state index in [1.165, 1.54) is 0 Å². The van der Waals surface area contributed by atoms with E-state index >= 15 is 0 Å². The SMILES string of the molecule is O=C(O)COc1ccc(/C=N\Nc2ccccc2Cl)cc1. The van der Waals surface area contributed by atoms with Crippen LogP contribution in [-0.4, -0.2) is 23.9 Å². The lowest BCUT2D eigenvalue weighted by molar-refractivity contribution is -0.139. The maximum atomic E-state index is 10.4. The van der Waals surface area contributed by atoms with E-state index in [0.29, 0.717) is 10.8 Å². The van der Waals surface area contributed by atoms with Crippen LogP contribution >= 0.6 is 11.6 Å². The summed E-state index contributed by atoms with van der Waals surface area (Å²) in [6, 6.07) is 14.2. The first-order chi connectivity index (χ1) is 10.1. The number of anilines is 1. The number of hydrogen-bond acceptors (Lipinski definition) is 4. The standard InChI is InChI=1S/C15H13ClN2O3/c16-13-3-1-2-4-14(13)18-17-9-11-5-7-12(8-6-11)21-10-15(19)20/h1-9,18H,10H2,(H,19,20)/b17-9-. The molecular weight excluding hydrogens is 292 g/mol. The number of carboxylic acid groups (broad SMARTS) is 1. The van der Waals surface area contributed by atoms with Gasteiger partial charge in [0.1, 0.15) is 5.75 Å². The number of hydrazone groups is 1. The van der Waals surface area contributed by atoms with Crippen LogP contribution in [-0.2, 0) is 4.79 Å². The molecule has 2 aromatic carbocycles. The molecule has 0 fully saturated rings. The Labute approximate surface area is 126 Å². The Bertz CT molecular complexity index is 642. The maximum Gasteiger partial charge on any atom is 0.341 e. The van der Waals surface area contributed by atoms with Gasteiger partial charge in [0, 0.05) is 0 Å². The summed E-state index contributed by atoms with van der Waals surface area (Å²) in [7, 11) is 0. The summed E-state index contributed by atoms with van der Waals surface area (Å²) in [5, 5.41) is 13.2. The normalized spacial score (nSPS) is 10.5. The fourth-order valence-electron chi connectivity index (χ4n) is 1.52. The Balaban J connectivity index is 1.92. The highest BCUT2D eigenvalue weighted by Crippen LogP contribution is 2.20. The molecule has 0 bridgehead atoms. The molecule has 0 unspecified atom stereocenters. The molecule has 0 aliphatic carbocycles. The molecule has 0 aromatic heterocycles. The fraction of sp³-hybridized carbons (Fsp3) is 0.0667. The number of carbonyl (C=O) groups is 1. The van der Waals surface area contributed by atoms with Crippen LogP contribution in [0.5, 0.6) is 5.75 Å². The molecule has 2 rings (SSSR count). The van der Waals surface area contributed by atoms with E-state index in [-0.39, 0.29) is 6.61 Å². The quantitative estimate of drug-likeness (QED) is 0.635. The van der Waals surface area contributed by atoms with Gasteiger partial charge < -0.3 is 9.84 Å². The van der Waals surface area contributed by atoms with E-state index in [1.54, 1.807) is 36.5 Å². The van der Waals surface area contributed by atoms with Crippen molar-refractivity contribution >= 4 is 29.5 Å². The van der Waals surface area contributed by atoms with Crippen LogP contribution in [0.15, 0.2) is 53.6 Å². The Kier molecular flexibility index (Phi) is 5.17. The molecule has 0 saturated carbocycles. The van der Waals surface area contributed by atoms with E-state index in [2.05, 4.69) is 10.5 Å². The smallest absolute Gasteiger partial charge is 0.341 e. The molecule has 21 heavy (non-hydrogen) atoms. The Morgan fingerprint density at radius 3 is 2.62 bits per heavy atom. The van der Waals surface area contributed by atoms with Crippen molar-refractivity contribution in [3.8, 4) is 5.75 Å². The highest BCUT2D eigenvalue weighted by molar-refractivity contribution is 6.33. The number of aliphatic carboxylic acids is 1. The molecule has 0 spiro atoms. The second kappa shape index (κ2) is 7.31. The van der Waals surface area contributed by atoms with Crippen molar-refractivity contribution < 1.29 is 14.6 Å². The van der Waals surface area contributed by atoms with Gasteiger partial charge in [-0.1, -0.05) is 23.7 Å². The topological polar surface area (TPSA) is 70.9 Å². The summed E-state index contributed by atoms with van der Waals surface area (Å²) >= 11 is 5.99. The van der Waals surface area contributed by atoms with Gasteiger partial charge in [-0.05, 0) is 42.0 Å². The van der Waals surface area contributed by atoms with E-state index < -0.39 is 5.97 Å². The Morgan fingerprint density at radius 1 is 1.24 bits per heavy atom. The summed E-state index contributed by atoms with van der Waals surface area (Å²) in [6.45, 7) is -0.360. The van der Waals surface area contributed by atoms with Gasteiger partial charge in [-0.15, -0.1) is 0 Å². The third-order valence-corrected chi connectivity index (χ3v) is 2.84. The fourth-order valence-corrected chi connectivity index (χ4v) is 1.70. The number of para-hydroxylation sites is 1. The van der Waals surface area contributed by atoms with Crippen molar-refractivity contribution in [1.82, 2.24) is 0 Å². The lowest BCUT2D eigenvalue weighted by Gasteiger charge is -2.03. The number of nitrogens with zero attached hydrogens (tertiary/aromatic N) is 1. The van der Waals surface area contributed by atoms with E-state index in [9.17, 15) is 4.79 Å². The van der Waals surface area contributed by atoms with Crippen LogP contribution in [0.2, 0.25) is 5.02 Å². The zero-order chi connectivity index (χ0) is 15.1. The van der Waals surface area contributed by atoms with Crippen molar-refractivity contribution in [1.29, 1.82) is 0 Å². The number of benzene rings is 2. The van der Waals surface area contributed by atoms with Crippen LogP contribution in [0.25, 0.3) is 0 Å². The molecular formula is C15H13ClN2O3. The highest BCUT2D eigenvalue weighted by atomic mass is 35.5. The molecule has 2 aromatic rings. The molecule has 0 aliphatic rings. The molecule has 6 heteroatoms. The first-order valence-corrected chi connectivity index (χ1v) is 6.51. The van der Waals surface area contributed by atoms with E-state index in [0.717, 1.165) is 11.3 Å². The summed E-state index contributed by atoms with van der Waals surface area (Å²) < 4.78 is 5.03. The van der Waals surface area contributed by atoms with E-state index in [4.69, 9.17) is 21.4 Å². The summed E-state index contributed by atoms with van der Waals surface area (Å²) in [4.78, 5) is 10.4. The minimum Gasteiger partial charge on any atom is -0.482 e. The van der Waals surface area contributed by atoms with Crippen LogP contribution in [0.3, 0.4) is 0 Å². The zero-order valence-corrected chi connectivity index (χ0v) is 11.7. The van der Waals surface area contributed by atoms with Crippen LogP contribution < -0.4 is 10.2 Å². The monoisotopic (exact) mass is 304 g/mol. The van der Waals surface area contributed by atoms with Gasteiger partial charge in [0.05, 0.1) is 16.9 Å². The zero-order valence-electron chi connectivity index (χ0n) is 11.0. The number of nitrogens with one attached hydrogen (secondary N) is 1. The number of rotatable bonds is 6. The van der Waals surface area contributed by atoms with Crippen LogP contribution in [0, 0.1) is 0 Å². The molecule has 2 N–H and O–H groups in total. The van der Waals surface area contributed by atoms with E-state index in [1.807, 2.05) is 18.2 Å². The van der Waals surface area contributed by atoms with Crippen molar-refractivity contribution in [3.05, 3.63) is 59.1 Å². The molecule has 5 nitrogen and oxygen atoms in total. The molecule has 0 amide bonds. The average Bonchev–Trinajstić information content (AvgIpc) is 2.48. The molecule has 108 valence electrons. The largest absolute Gasteiger partial charge is 0.482 e. The number of hydrogen-bond donors (Lipinski definition) is 2. The molecule has 0 aliphatic heterocycles. The maximum absolute atomic E-state index is 10.4. The van der Waals surface area contributed by atoms with Gasteiger partial charge in [0.2, 0.25) is 0 Å². The first-order valence-electron chi connectivity index (χ1n) is 6.13. The summed E-state index contributed by atoms with van der Waals surface area (Å²) in [5.74, 6) is -0.516. The van der Waals surface area contributed by atoms with Crippen LogP contribution in [0.4, 0.5) is 5.69 Å². The second-order valence-corrected chi connectivity index (χ2v) is 4.51. The first kappa shape index (κ1) is 14.9. The Morgan fingerprint density at radius 2 is 1.95 bits per heavy atom. The van der Waals surface area contributed by atoms with Gasteiger partial charge >= 0.3 is 5.97 Å². The Hall–Kier alpha value is -2.53. The van der Waals surface area contributed by atoms with Gasteiger partial charge in [0.15, 0.2) is 6.61 Å². The third kappa shape index (κ3) is 4.81. The van der Waals surface area contributed by atoms with Crippen molar-refractivity contribution in [3.63, 3.8) is 0 Å². The number of halogens is 1. The predicted molar refractivity (Wildman–Crippen MR) is 82.2 cm³/mol. The highest BCUT2D eigenvalue weighted by Gasteiger charge is 1.99. The average molecular weight is 305 g/mol. The summed E-state index contributed by atoms with van der Waals surface area (Å²) in [5.41, 5.74) is 4.41. The van der Waals surface area contributed by atoms with Gasteiger partial charge in [0.25, 0.3) is 0 Å². The minimum atomic E-state index is -1.01. The lowest BCUT2D eigenvalue weighted by Crippen LogP contribution is -2.09. The van der Waals surface area contributed by atoms with Gasteiger partial charge in [-0.3, -0.25) is 5.43 Å².